The van der Waals surface area contributed by atoms with E-state index in [9.17, 15) is 14.4 Å². The third-order valence-corrected chi connectivity index (χ3v) is 2.05. The lowest BCUT2D eigenvalue weighted by Crippen LogP contribution is -2.41. The molecule has 0 heterocycles. The van der Waals surface area contributed by atoms with Gasteiger partial charge in [0.1, 0.15) is 18.7 Å². The van der Waals surface area contributed by atoms with Crippen LogP contribution in [0, 0.1) is 0 Å². The Hall–Kier alpha value is -1.79. The lowest BCUT2D eigenvalue weighted by Gasteiger charge is -2.23. The van der Waals surface area contributed by atoms with E-state index in [1.54, 1.807) is 20.8 Å². The van der Waals surface area contributed by atoms with E-state index in [0.29, 0.717) is 6.42 Å². The summed E-state index contributed by atoms with van der Waals surface area (Å²) in [6.07, 6.45) is 0.698. The number of carboxylic acids is 1. The average molecular weight is 289 g/mol. The molecule has 0 aliphatic carbocycles. The van der Waals surface area contributed by atoms with Crippen molar-refractivity contribution in [2.45, 2.75) is 46.1 Å². The van der Waals surface area contributed by atoms with Gasteiger partial charge in [0, 0.05) is 0 Å². The number of rotatable bonds is 7. The largest absolute Gasteiger partial charge is 0.480 e. The number of aliphatic carboxylic acids is 1. The van der Waals surface area contributed by atoms with E-state index in [-0.39, 0.29) is 6.61 Å². The van der Waals surface area contributed by atoms with Gasteiger partial charge in [0.15, 0.2) is 0 Å². The topological polar surface area (TPSA) is 93.1 Å². The Balaban J connectivity index is 4.51. The SMILES string of the molecule is CCCCOC(=O)N(CC(=O)O)CC(=O)OC(C)(C)C. The molecule has 0 unspecified atom stereocenters. The quantitative estimate of drug-likeness (QED) is 0.566. The zero-order valence-corrected chi connectivity index (χ0v) is 12.5. The normalized spacial score (nSPS) is 10.8. The number of unbranched alkanes of at least 4 members (excludes halogenated alkanes) is 1. The van der Waals surface area contributed by atoms with Crippen molar-refractivity contribution < 1.29 is 29.0 Å². The highest BCUT2D eigenvalue weighted by molar-refractivity contribution is 5.82. The minimum absolute atomic E-state index is 0.194. The van der Waals surface area contributed by atoms with E-state index < -0.39 is 36.7 Å². The van der Waals surface area contributed by atoms with Gasteiger partial charge in [-0.3, -0.25) is 14.5 Å². The van der Waals surface area contributed by atoms with Crippen LogP contribution in [0.1, 0.15) is 40.5 Å². The number of hydrogen-bond donors (Lipinski definition) is 1. The summed E-state index contributed by atoms with van der Waals surface area (Å²) in [7, 11) is 0. The summed E-state index contributed by atoms with van der Waals surface area (Å²) in [4.78, 5) is 34.8. The fraction of sp³-hybridized carbons (Fsp3) is 0.769. The molecule has 0 spiro atoms. The second-order valence-corrected chi connectivity index (χ2v) is 5.30. The highest BCUT2D eigenvalue weighted by atomic mass is 16.6. The van der Waals surface area contributed by atoms with E-state index in [2.05, 4.69) is 0 Å². The highest BCUT2D eigenvalue weighted by Gasteiger charge is 2.24. The first-order valence-corrected chi connectivity index (χ1v) is 6.51. The monoisotopic (exact) mass is 289 g/mol. The summed E-state index contributed by atoms with van der Waals surface area (Å²) in [6.45, 7) is 6.13. The van der Waals surface area contributed by atoms with E-state index >= 15 is 0 Å². The number of esters is 1. The van der Waals surface area contributed by atoms with Crippen LogP contribution in [0.2, 0.25) is 0 Å². The van der Waals surface area contributed by atoms with Crippen LogP contribution in [0.5, 0.6) is 0 Å². The Kier molecular flexibility index (Phi) is 7.64. The number of hydrogen-bond acceptors (Lipinski definition) is 5. The van der Waals surface area contributed by atoms with Gasteiger partial charge in [-0.2, -0.15) is 0 Å². The molecule has 0 rings (SSSR count). The molecular formula is C13H23NO6. The van der Waals surface area contributed by atoms with Crippen molar-refractivity contribution in [2.75, 3.05) is 19.7 Å². The number of nitrogens with zero attached hydrogens (tertiary/aromatic N) is 1. The Morgan fingerprint density at radius 1 is 1.15 bits per heavy atom. The second-order valence-electron chi connectivity index (χ2n) is 5.30. The molecule has 0 radical (unpaired) electrons. The lowest BCUT2D eigenvalue weighted by atomic mass is 10.2. The van der Waals surface area contributed by atoms with Crippen molar-refractivity contribution >= 4 is 18.0 Å². The van der Waals surface area contributed by atoms with Gasteiger partial charge < -0.3 is 14.6 Å². The third kappa shape index (κ3) is 9.18. The molecule has 1 N–H and O–H groups in total. The summed E-state index contributed by atoms with van der Waals surface area (Å²) in [5.74, 6) is -1.90. The van der Waals surface area contributed by atoms with Crippen molar-refractivity contribution in [2.24, 2.45) is 0 Å². The van der Waals surface area contributed by atoms with Gasteiger partial charge in [-0.1, -0.05) is 13.3 Å². The average Bonchev–Trinajstić information content (AvgIpc) is 2.25. The summed E-state index contributed by atoms with van der Waals surface area (Å²) in [6, 6.07) is 0. The number of carboxylic acid groups (broad SMARTS) is 1. The van der Waals surface area contributed by atoms with Gasteiger partial charge >= 0.3 is 18.0 Å². The zero-order valence-electron chi connectivity index (χ0n) is 12.5. The number of ether oxygens (including phenoxy) is 2. The third-order valence-electron chi connectivity index (χ3n) is 2.05. The summed E-state index contributed by atoms with van der Waals surface area (Å²) in [5, 5.41) is 8.75. The molecule has 0 fully saturated rings. The predicted octanol–water partition coefficient (Wildman–Crippen LogP) is 1.65. The Labute approximate surface area is 118 Å². The number of carbonyl (C=O) groups excluding carboxylic acids is 2. The maximum atomic E-state index is 11.7. The van der Waals surface area contributed by atoms with Crippen LogP contribution in [-0.2, 0) is 19.1 Å². The molecule has 0 aromatic carbocycles. The fourth-order valence-corrected chi connectivity index (χ4v) is 1.27. The van der Waals surface area contributed by atoms with Crippen LogP contribution in [0.3, 0.4) is 0 Å². The van der Waals surface area contributed by atoms with Crippen LogP contribution in [-0.4, -0.2) is 53.3 Å². The van der Waals surface area contributed by atoms with E-state index in [1.165, 1.54) is 0 Å². The van der Waals surface area contributed by atoms with Gasteiger partial charge in [-0.15, -0.1) is 0 Å². The highest BCUT2D eigenvalue weighted by Crippen LogP contribution is 2.08. The van der Waals surface area contributed by atoms with Crippen LogP contribution in [0.4, 0.5) is 4.79 Å². The zero-order chi connectivity index (χ0) is 15.8. The van der Waals surface area contributed by atoms with Gasteiger partial charge in [0.2, 0.25) is 0 Å². The molecule has 0 saturated carbocycles. The molecule has 0 atom stereocenters. The van der Waals surface area contributed by atoms with Crippen molar-refractivity contribution in [3.8, 4) is 0 Å². The minimum Gasteiger partial charge on any atom is -0.480 e. The molecule has 0 aromatic heterocycles. The van der Waals surface area contributed by atoms with E-state index in [1.807, 2.05) is 6.92 Å². The van der Waals surface area contributed by atoms with Crippen LogP contribution >= 0.6 is 0 Å². The maximum absolute atomic E-state index is 11.7. The van der Waals surface area contributed by atoms with E-state index in [0.717, 1.165) is 11.3 Å². The van der Waals surface area contributed by atoms with Crippen molar-refractivity contribution in [3.63, 3.8) is 0 Å². The molecule has 0 saturated heterocycles. The Morgan fingerprint density at radius 3 is 2.20 bits per heavy atom. The molecule has 116 valence electrons. The molecule has 7 heteroatoms. The Bertz CT molecular complexity index is 347. The smallest absolute Gasteiger partial charge is 0.410 e. The summed E-state index contributed by atoms with van der Waals surface area (Å²) >= 11 is 0. The van der Waals surface area contributed by atoms with Crippen LogP contribution in [0.25, 0.3) is 0 Å². The molecule has 20 heavy (non-hydrogen) atoms. The lowest BCUT2D eigenvalue weighted by molar-refractivity contribution is -0.156. The fourth-order valence-electron chi connectivity index (χ4n) is 1.27. The number of amides is 1. The molecule has 7 nitrogen and oxygen atoms in total. The van der Waals surface area contributed by atoms with Crippen molar-refractivity contribution in [3.05, 3.63) is 0 Å². The van der Waals surface area contributed by atoms with Crippen molar-refractivity contribution in [1.82, 2.24) is 4.90 Å². The van der Waals surface area contributed by atoms with Gasteiger partial charge in [-0.05, 0) is 27.2 Å². The first-order chi connectivity index (χ1) is 9.15. The number of carbonyl (C=O) groups is 3. The summed E-state index contributed by atoms with van der Waals surface area (Å²) in [5.41, 5.74) is -0.696. The standard InChI is InChI=1S/C13H23NO6/c1-5-6-7-19-12(18)14(8-10(15)16)9-11(17)20-13(2,3)4/h5-9H2,1-4H3,(H,15,16). The summed E-state index contributed by atoms with van der Waals surface area (Å²) < 4.78 is 9.94. The first kappa shape index (κ1) is 18.2. The van der Waals surface area contributed by atoms with Crippen LogP contribution < -0.4 is 0 Å². The maximum Gasteiger partial charge on any atom is 0.410 e. The van der Waals surface area contributed by atoms with Gasteiger partial charge in [0.05, 0.1) is 6.61 Å². The Morgan fingerprint density at radius 2 is 1.75 bits per heavy atom. The molecule has 0 aliphatic heterocycles. The minimum atomic E-state index is -1.22. The molecular weight excluding hydrogens is 266 g/mol. The second kappa shape index (κ2) is 8.39. The molecule has 0 aliphatic rings. The molecule has 0 bridgehead atoms. The molecule has 1 amide bonds. The molecule has 0 aromatic rings. The predicted molar refractivity (Wildman–Crippen MR) is 71.3 cm³/mol. The van der Waals surface area contributed by atoms with E-state index in [4.69, 9.17) is 14.6 Å². The van der Waals surface area contributed by atoms with Crippen LogP contribution in [0.15, 0.2) is 0 Å². The first-order valence-electron chi connectivity index (χ1n) is 6.51. The van der Waals surface area contributed by atoms with Gasteiger partial charge in [0.25, 0.3) is 0 Å². The van der Waals surface area contributed by atoms with Crippen molar-refractivity contribution in [1.29, 1.82) is 0 Å². The van der Waals surface area contributed by atoms with Gasteiger partial charge in [-0.25, -0.2) is 4.79 Å².